The zero-order valence-corrected chi connectivity index (χ0v) is 40.9. The number of carbonyl (C=O) groups is 4. The maximum atomic E-state index is 14.9. The minimum absolute atomic E-state index is 0.0464. The highest BCUT2D eigenvalue weighted by Gasteiger charge is 2.48. The number of carbonyl (C=O) groups excluding carboxylic acids is 4. The Balaban J connectivity index is 1.09. The molecule has 68 heavy (non-hydrogen) atoms. The van der Waals surface area contributed by atoms with E-state index in [1.165, 1.54) is 5.01 Å². The first kappa shape index (κ1) is 47.7. The molecule has 5 aliphatic heterocycles. The summed E-state index contributed by atoms with van der Waals surface area (Å²) in [6.45, 7) is 17.2. The number of aromatic nitrogens is 2. The van der Waals surface area contributed by atoms with Gasteiger partial charge in [-0.05, 0) is 123 Å². The Hall–Kier alpha value is -5.35. The molecule has 4 N–H and O–H groups in total. The highest BCUT2D eigenvalue weighted by molar-refractivity contribution is 5.96. The van der Waals surface area contributed by atoms with Crippen molar-refractivity contribution in [1.82, 2.24) is 40.4 Å². The number of amides is 3. The molecule has 5 aliphatic rings. The molecule has 1 spiro atoms. The fourth-order valence-corrected chi connectivity index (χ4v) is 11.6. The van der Waals surface area contributed by atoms with Gasteiger partial charge in [-0.25, -0.2) is 5.43 Å². The fraction of sp³-hybridized carbons (Fsp3) is 0.566. The van der Waals surface area contributed by atoms with E-state index in [-0.39, 0.29) is 60.0 Å². The lowest BCUT2D eigenvalue weighted by atomic mass is 9.79. The van der Waals surface area contributed by atoms with Gasteiger partial charge in [-0.3, -0.25) is 34.1 Å². The molecule has 2 aromatic carbocycles. The first-order valence-electron chi connectivity index (χ1n) is 24.8. The number of cyclic esters (lactones) is 1. The van der Waals surface area contributed by atoms with Gasteiger partial charge in [-0.15, -0.1) is 0 Å². The van der Waals surface area contributed by atoms with E-state index in [4.69, 9.17) is 14.5 Å². The lowest BCUT2D eigenvalue weighted by Crippen LogP contribution is -2.62. The number of hydrogen-bond acceptors (Lipinski definition) is 11. The van der Waals surface area contributed by atoms with Crippen molar-refractivity contribution in [3.05, 3.63) is 71.5 Å². The Bertz CT molecular complexity index is 2570. The Morgan fingerprint density at radius 2 is 1.82 bits per heavy atom. The number of hydrazine groups is 1. The Kier molecular flexibility index (Phi) is 13.5. The van der Waals surface area contributed by atoms with Crippen LogP contribution in [0, 0.1) is 16.7 Å². The van der Waals surface area contributed by atoms with Gasteiger partial charge in [0.1, 0.15) is 17.8 Å². The third-order valence-corrected chi connectivity index (χ3v) is 15.1. The number of aromatic hydroxyl groups is 1. The minimum Gasteiger partial charge on any atom is -0.508 e. The van der Waals surface area contributed by atoms with Crippen LogP contribution >= 0.6 is 0 Å². The van der Waals surface area contributed by atoms with Crippen LogP contribution in [-0.4, -0.2) is 130 Å². The summed E-state index contributed by atoms with van der Waals surface area (Å²) in [5.41, 5.74) is 9.88. The standard InChI is InChI=1S/C53H70N8O7/c1-8-60-44-15-14-35-26-39(44)40(47(60)38-12-9-18-54-45(38)33(4)67-7)27-52(5,6)31-68-51(66)41-13-10-20-61(57-41)50(65)42(24-34-22-36(35)25-37(62)23-34)56-48(63)46(32(2)3)58-21-17-53(29-58)16-11-19-59(30-53)49(64)43-28-55-43/h9,12,14-15,18,22-23,25-26,32-33,41-43,46,55,57,62H,8,10-11,13,16-17,19-21,24,27-31H2,1-7H3,(H,56,63)/t33-,41-,42-,43-,46-,53-/m0/s1. The van der Waals surface area contributed by atoms with Gasteiger partial charge in [0.15, 0.2) is 0 Å². The molecule has 6 bridgehead atoms. The molecule has 0 saturated carbocycles. The molecule has 2 aromatic heterocycles. The summed E-state index contributed by atoms with van der Waals surface area (Å²) in [7, 11) is 1.69. The van der Waals surface area contributed by atoms with Crippen molar-refractivity contribution in [3.8, 4) is 28.1 Å². The number of fused-ring (bicyclic) bond motifs is 6. The van der Waals surface area contributed by atoms with Crippen molar-refractivity contribution < 1.29 is 33.8 Å². The smallest absolute Gasteiger partial charge is 0.324 e. The zero-order valence-electron chi connectivity index (χ0n) is 40.9. The summed E-state index contributed by atoms with van der Waals surface area (Å²) in [5.74, 6) is -0.898. The van der Waals surface area contributed by atoms with Crippen molar-refractivity contribution in [2.45, 2.75) is 123 Å². The van der Waals surface area contributed by atoms with Crippen LogP contribution in [0.2, 0.25) is 0 Å². The number of methoxy groups -OCH3 is 1. The lowest BCUT2D eigenvalue weighted by Gasteiger charge is -2.41. The van der Waals surface area contributed by atoms with Crippen LogP contribution in [0.5, 0.6) is 5.75 Å². The first-order chi connectivity index (χ1) is 32.6. The Morgan fingerprint density at radius 1 is 1.01 bits per heavy atom. The number of hydrogen-bond donors (Lipinski definition) is 4. The molecule has 15 heteroatoms. The van der Waals surface area contributed by atoms with Crippen molar-refractivity contribution in [2.75, 3.05) is 53.0 Å². The van der Waals surface area contributed by atoms with Gasteiger partial charge in [0.2, 0.25) is 11.8 Å². The number of phenols is 1. The highest BCUT2D eigenvalue weighted by Crippen LogP contribution is 2.43. The lowest BCUT2D eigenvalue weighted by molar-refractivity contribution is -0.155. The minimum atomic E-state index is -1.03. The SMILES string of the molecule is CCn1c(-c2cccnc2[C@H](C)OC)c2c3cc(ccc31)-c1cc(O)cc(c1)C[C@H](NC(=O)[C@H](C(C)C)N1CC[C@@]3(CCCN(C(=O)[C@@H]4CN4)C3)C1)C(=O)N1CCC[C@H](N1)C(=O)OCC(C)(C)C2. The molecule has 15 nitrogen and oxygen atoms in total. The number of nitrogens with zero attached hydrogens (tertiary/aromatic N) is 5. The summed E-state index contributed by atoms with van der Waals surface area (Å²) in [6, 6.07) is 13.4. The van der Waals surface area contributed by atoms with Gasteiger partial charge in [-0.1, -0.05) is 39.8 Å². The van der Waals surface area contributed by atoms with Crippen LogP contribution in [-0.2, 0) is 48.0 Å². The van der Waals surface area contributed by atoms with Crippen molar-refractivity contribution in [1.29, 1.82) is 0 Å². The number of esters is 1. The number of piperidine rings is 1. The van der Waals surface area contributed by atoms with Crippen molar-refractivity contribution >= 4 is 34.6 Å². The van der Waals surface area contributed by atoms with Gasteiger partial charge < -0.3 is 34.7 Å². The maximum absolute atomic E-state index is 14.9. The molecule has 4 fully saturated rings. The number of nitrogens with one attached hydrogen (secondary N) is 3. The predicted molar refractivity (Wildman–Crippen MR) is 260 cm³/mol. The van der Waals surface area contributed by atoms with Gasteiger partial charge in [0.05, 0.1) is 36.2 Å². The van der Waals surface area contributed by atoms with Gasteiger partial charge in [0.25, 0.3) is 5.91 Å². The Morgan fingerprint density at radius 3 is 2.57 bits per heavy atom. The number of phenolic OH excluding ortho intramolecular Hbond substituents is 1. The maximum Gasteiger partial charge on any atom is 0.324 e. The van der Waals surface area contributed by atoms with Crippen LogP contribution in [0.25, 0.3) is 33.3 Å². The van der Waals surface area contributed by atoms with E-state index in [0.717, 1.165) is 76.9 Å². The molecular weight excluding hydrogens is 861 g/mol. The normalized spacial score (nSPS) is 25.3. The van der Waals surface area contributed by atoms with E-state index in [0.29, 0.717) is 57.5 Å². The summed E-state index contributed by atoms with van der Waals surface area (Å²) >= 11 is 0. The Labute approximate surface area is 400 Å². The third-order valence-electron chi connectivity index (χ3n) is 15.1. The quantitative estimate of drug-likeness (QED) is 0.118. The van der Waals surface area contributed by atoms with Gasteiger partial charge in [0, 0.05) is 86.3 Å². The van der Waals surface area contributed by atoms with E-state index >= 15 is 0 Å². The molecular formula is C53H70N8O7. The number of rotatable bonds is 9. The molecule has 0 aliphatic carbocycles. The second-order valence-electron chi connectivity index (χ2n) is 21.3. The monoisotopic (exact) mass is 931 g/mol. The van der Waals surface area contributed by atoms with Crippen LogP contribution in [0.3, 0.4) is 0 Å². The van der Waals surface area contributed by atoms with Crippen LogP contribution in [0.15, 0.2) is 54.7 Å². The number of benzene rings is 2. The average Bonchev–Trinajstić information content (AvgIpc) is 4.05. The second kappa shape index (κ2) is 19.2. The van der Waals surface area contributed by atoms with Gasteiger partial charge >= 0.3 is 5.97 Å². The average molecular weight is 931 g/mol. The molecule has 7 heterocycles. The zero-order chi connectivity index (χ0) is 48.1. The van der Waals surface area contributed by atoms with Crippen LogP contribution in [0.4, 0.5) is 0 Å². The number of aryl methyl sites for hydroxylation is 1. The number of pyridine rings is 1. The van der Waals surface area contributed by atoms with E-state index in [2.05, 4.69) is 70.6 Å². The van der Waals surface area contributed by atoms with Crippen molar-refractivity contribution in [3.63, 3.8) is 0 Å². The van der Waals surface area contributed by atoms with E-state index in [9.17, 15) is 24.3 Å². The molecule has 4 saturated heterocycles. The molecule has 0 unspecified atom stereocenters. The fourth-order valence-electron chi connectivity index (χ4n) is 11.6. The van der Waals surface area contributed by atoms with Crippen LogP contribution in [0.1, 0.15) is 96.6 Å². The molecule has 0 radical (unpaired) electrons. The number of ether oxygens (including phenoxy) is 2. The molecule has 364 valence electrons. The molecule has 6 atom stereocenters. The van der Waals surface area contributed by atoms with E-state index < -0.39 is 29.5 Å². The largest absolute Gasteiger partial charge is 0.508 e. The van der Waals surface area contributed by atoms with Crippen LogP contribution < -0.4 is 16.1 Å². The first-order valence-corrected chi connectivity index (χ1v) is 24.8. The summed E-state index contributed by atoms with van der Waals surface area (Å²) < 4.78 is 14.3. The van der Waals surface area contributed by atoms with Crippen molar-refractivity contribution in [2.24, 2.45) is 16.7 Å². The highest BCUT2D eigenvalue weighted by atomic mass is 16.5. The molecule has 3 amide bonds. The third kappa shape index (κ3) is 9.64. The topological polar surface area (TPSA) is 181 Å². The van der Waals surface area contributed by atoms with E-state index in [1.54, 1.807) is 25.4 Å². The second-order valence-corrected chi connectivity index (χ2v) is 21.3. The summed E-state index contributed by atoms with van der Waals surface area (Å²) in [6.07, 6.45) is 6.07. The number of likely N-dealkylation sites (tertiary alicyclic amines) is 2. The summed E-state index contributed by atoms with van der Waals surface area (Å²) in [5, 5.41) is 20.3. The summed E-state index contributed by atoms with van der Waals surface area (Å²) in [4.78, 5) is 65.9. The van der Waals surface area contributed by atoms with Gasteiger partial charge in [-0.2, -0.15) is 0 Å². The molecule has 4 aromatic rings. The molecule has 9 rings (SSSR count). The predicted octanol–water partition coefficient (Wildman–Crippen LogP) is 5.76. The van der Waals surface area contributed by atoms with E-state index in [1.807, 2.05) is 37.8 Å².